The summed E-state index contributed by atoms with van der Waals surface area (Å²) >= 11 is 3.40. The first-order valence-electron chi connectivity index (χ1n) is 6.62. The summed E-state index contributed by atoms with van der Waals surface area (Å²) in [4.78, 5) is 12.7. The molecule has 21 heavy (non-hydrogen) atoms. The molecule has 0 aliphatic carbocycles. The predicted molar refractivity (Wildman–Crippen MR) is 83.4 cm³/mol. The molecule has 1 amide bonds. The van der Waals surface area contributed by atoms with Gasteiger partial charge in [-0.25, -0.2) is 0 Å². The van der Waals surface area contributed by atoms with Gasteiger partial charge in [-0.05, 0) is 43.5 Å². The lowest BCUT2D eigenvalue weighted by molar-refractivity contribution is -0.126. The van der Waals surface area contributed by atoms with E-state index >= 15 is 0 Å². The molecule has 1 aromatic carbocycles. The Morgan fingerprint density at radius 1 is 1.43 bits per heavy atom. The number of benzene rings is 1. The van der Waals surface area contributed by atoms with Crippen LogP contribution in [0, 0.1) is 12.3 Å². The summed E-state index contributed by atoms with van der Waals surface area (Å²) in [6.45, 7) is 2.75. The monoisotopic (exact) mass is 355 g/mol. The molecule has 0 radical (unpaired) electrons. The van der Waals surface area contributed by atoms with E-state index in [1.54, 1.807) is 0 Å². The summed E-state index contributed by atoms with van der Waals surface area (Å²) in [7, 11) is 0. The molecule has 0 spiro atoms. The van der Waals surface area contributed by atoms with Crippen LogP contribution in [0.2, 0.25) is 0 Å². The molecule has 1 aliphatic heterocycles. The number of nitrogens with two attached hydrogens (primary N) is 1. The maximum atomic E-state index is 12.7. The number of nitrogens with one attached hydrogen (secondary N) is 1. The Labute approximate surface area is 131 Å². The Kier molecular flexibility index (Phi) is 4.84. The second kappa shape index (κ2) is 6.44. The van der Waals surface area contributed by atoms with Crippen molar-refractivity contribution in [1.29, 1.82) is 0 Å². The number of amides is 1. The molecule has 2 rings (SSSR count). The molecule has 1 aliphatic rings. The van der Waals surface area contributed by atoms with Crippen molar-refractivity contribution in [3.8, 4) is 0 Å². The van der Waals surface area contributed by atoms with Gasteiger partial charge in [0.05, 0.1) is 0 Å². The summed E-state index contributed by atoms with van der Waals surface area (Å²) in [6.07, 6.45) is 0.781. The van der Waals surface area contributed by atoms with E-state index < -0.39 is 5.41 Å². The van der Waals surface area contributed by atoms with Gasteiger partial charge >= 0.3 is 0 Å². The zero-order valence-electron chi connectivity index (χ0n) is 11.7. The number of carbonyl (C=O) groups excluding carboxylic acids is 1. The van der Waals surface area contributed by atoms with E-state index in [1.807, 2.05) is 25.1 Å². The molecule has 1 aromatic rings. The maximum Gasteiger partial charge on any atom is 0.238 e. The standard InChI is InChI=1S/C14H18BrN3O3/c1-9-6-10(15)8-11(7-9)17-13(19)14(12(16)18-20)2-4-21-5-3-14/h6-8,20H,2-5H2,1H3,(H2,16,18)(H,17,19). The van der Waals surface area contributed by atoms with Crippen LogP contribution in [0.5, 0.6) is 0 Å². The molecule has 1 saturated heterocycles. The number of nitrogens with zero attached hydrogens (tertiary/aromatic N) is 1. The summed E-state index contributed by atoms with van der Waals surface area (Å²) < 4.78 is 6.16. The number of oxime groups is 1. The van der Waals surface area contributed by atoms with E-state index in [2.05, 4.69) is 26.4 Å². The molecule has 0 atom stereocenters. The van der Waals surface area contributed by atoms with Crippen molar-refractivity contribution in [2.45, 2.75) is 19.8 Å². The number of carbonyl (C=O) groups is 1. The van der Waals surface area contributed by atoms with Crippen molar-refractivity contribution in [3.63, 3.8) is 0 Å². The van der Waals surface area contributed by atoms with Gasteiger partial charge in [0.2, 0.25) is 5.91 Å². The van der Waals surface area contributed by atoms with Crippen molar-refractivity contribution >= 4 is 33.4 Å². The summed E-state index contributed by atoms with van der Waals surface area (Å²) in [5.41, 5.74) is 6.43. The van der Waals surface area contributed by atoms with Crippen LogP contribution in [0.3, 0.4) is 0 Å². The number of anilines is 1. The van der Waals surface area contributed by atoms with E-state index in [0.29, 0.717) is 31.7 Å². The fraction of sp³-hybridized carbons (Fsp3) is 0.429. The van der Waals surface area contributed by atoms with E-state index in [-0.39, 0.29) is 11.7 Å². The SMILES string of the molecule is Cc1cc(Br)cc(NC(=O)C2(/C(N)=N/O)CCOCC2)c1. The fourth-order valence-corrected chi connectivity index (χ4v) is 3.08. The third-order valence-electron chi connectivity index (χ3n) is 3.68. The third kappa shape index (κ3) is 3.36. The molecule has 7 heteroatoms. The highest BCUT2D eigenvalue weighted by atomic mass is 79.9. The van der Waals surface area contributed by atoms with Gasteiger partial charge in [-0.1, -0.05) is 21.1 Å². The molecule has 0 aromatic heterocycles. The molecule has 6 nitrogen and oxygen atoms in total. The quantitative estimate of drug-likeness (QED) is 0.335. The van der Waals surface area contributed by atoms with Crippen LogP contribution in [0.15, 0.2) is 27.8 Å². The van der Waals surface area contributed by atoms with E-state index in [1.165, 1.54) is 0 Å². The molecular formula is C14H18BrN3O3. The lowest BCUT2D eigenvalue weighted by Gasteiger charge is -2.34. The number of halogens is 1. The topological polar surface area (TPSA) is 96.9 Å². The van der Waals surface area contributed by atoms with Gasteiger partial charge in [-0.15, -0.1) is 0 Å². The van der Waals surface area contributed by atoms with Crippen molar-refractivity contribution < 1.29 is 14.7 Å². The Hall–Kier alpha value is -1.60. The molecule has 0 saturated carbocycles. The smallest absolute Gasteiger partial charge is 0.238 e. The molecule has 0 bridgehead atoms. The van der Waals surface area contributed by atoms with Crippen LogP contribution in [0.1, 0.15) is 18.4 Å². The minimum Gasteiger partial charge on any atom is -0.409 e. The lowest BCUT2D eigenvalue weighted by Crippen LogP contribution is -2.50. The Morgan fingerprint density at radius 3 is 2.67 bits per heavy atom. The number of ether oxygens (including phenoxy) is 1. The van der Waals surface area contributed by atoms with Gasteiger partial charge in [-0.2, -0.15) is 0 Å². The van der Waals surface area contributed by atoms with Crippen molar-refractivity contribution in [2.24, 2.45) is 16.3 Å². The first-order chi connectivity index (χ1) is 9.98. The van der Waals surface area contributed by atoms with E-state index in [9.17, 15) is 4.79 Å². The molecule has 1 fully saturated rings. The number of hydrogen-bond donors (Lipinski definition) is 3. The fourth-order valence-electron chi connectivity index (χ4n) is 2.47. The van der Waals surface area contributed by atoms with E-state index in [4.69, 9.17) is 15.7 Å². The molecule has 114 valence electrons. The van der Waals surface area contributed by atoms with Crippen molar-refractivity contribution in [2.75, 3.05) is 18.5 Å². The summed E-state index contributed by atoms with van der Waals surface area (Å²) in [6, 6.07) is 5.62. The minimum absolute atomic E-state index is 0.0741. The van der Waals surface area contributed by atoms with Crippen molar-refractivity contribution in [3.05, 3.63) is 28.2 Å². The normalized spacial score (nSPS) is 18.3. The number of hydrogen-bond acceptors (Lipinski definition) is 4. The summed E-state index contributed by atoms with van der Waals surface area (Å²) in [5.74, 6) is -0.353. The van der Waals surface area contributed by atoms with Gasteiger partial charge < -0.3 is 21.0 Å². The Morgan fingerprint density at radius 2 is 2.10 bits per heavy atom. The highest BCUT2D eigenvalue weighted by Crippen LogP contribution is 2.33. The average molecular weight is 356 g/mol. The van der Waals surface area contributed by atoms with Gasteiger partial charge in [0.25, 0.3) is 0 Å². The Balaban J connectivity index is 2.26. The van der Waals surface area contributed by atoms with Gasteiger partial charge in [0, 0.05) is 23.4 Å². The van der Waals surface area contributed by atoms with Crippen LogP contribution < -0.4 is 11.1 Å². The highest BCUT2D eigenvalue weighted by molar-refractivity contribution is 9.10. The van der Waals surface area contributed by atoms with Crippen LogP contribution in [0.25, 0.3) is 0 Å². The van der Waals surface area contributed by atoms with E-state index in [0.717, 1.165) is 10.0 Å². The summed E-state index contributed by atoms with van der Waals surface area (Å²) in [5, 5.41) is 14.9. The first-order valence-corrected chi connectivity index (χ1v) is 7.41. The third-order valence-corrected chi connectivity index (χ3v) is 4.14. The second-order valence-corrected chi connectivity index (χ2v) is 6.07. The van der Waals surface area contributed by atoms with Crippen LogP contribution in [-0.2, 0) is 9.53 Å². The zero-order chi connectivity index (χ0) is 15.5. The van der Waals surface area contributed by atoms with Gasteiger partial charge in [0.15, 0.2) is 5.84 Å². The molecule has 0 unspecified atom stereocenters. The van der Waals surface area contributed by atoms with Crippen molar-refractivity contribution in [1.82, 2.24) is 0 Å². The predicted octanol–water partition coefficient (Wildman–Crippen LogP) is 2.24. The van der Waals surface area contributed by atoms with Crippen LogP contribution in [-0.4, -0.2) is 30.2 Å². The van der Waals surface area contributed by atoms with Gasteiger partial charge in [-0.3, -0.25) is 4.79 Å². The Bertz CT molecular complexity index is 548. The van der Waals surface area contributed by atoms with Crippen LogP contribution in [0.4, 0.5) is 5.69 Å². The maximum absolute atomic E-state index is 12.7. The number of rotatable bonds is 3. The number of aryl methyl sites for hydroxylation is 1. The molecule has 1 heterocycles. The largest absolute Gasteiger partial charge is 0.409 e. The first kappa shape index (κ1) is 15.8. The molecular weight excluding hydrogens is 338 g/mol. The van der Waals surface area contributed by atoms with Gasteiger partial charge in [0.1, 0.15) is 5.41 Å². The zero-order valence-corrected chi connectivity index (χ0v) is 13.3. The minimum atomic E-state index is -1.02. The number of amidine groups is 1. The lowest BCUT2D eigenvalue weighted by atomic mass is 9.78. The van der Waals surface area contributed by atoms with Crippen LogP contribution >= 0.6 is 15.9 Å². The second-order valence-electron chi connectivity index (χ2n) is 5.15. The molecule has 4 N–H and O–H groups in total. The highest BCUT2D eigenvalue weighted by Gasteiger charge is 2.44. The average Bonchev–Trinajstić information content (AvgIpc) is 2.46.